The van der Waals surface area contributed by atoms with Crippen LogP contribution in [0.4, 0.5) is 0 Å². The summed E-state index contributed by atoms with van der Waals surface area (Å²) in [4.78, 5) is 13.5. The number of methoxy groups -OCH3 is 2. The third-order valence-electron chi connectivity index (χ3n) is 9.28. The summed E-state index contributed by atoms with van der Waals surface area (Å²) in [5, 5.41) is 7.93. The lowest BCUT2D eigenvalue weighted by Crippen LogP contribution is -2.27. The molecule has 46 heavy (non-hydrogen) atoms. The number of nitrogens with zero attached hydrogens (tertiary/aromatic N) is 2. The molecule has 0 radical (unpaired) electrons. The summed E-state index contributed by atoms with van der Waals surface area (Å²) in [7, 11) is 3.23. The van der Waals surface area contributed by atoms with Crippen LogP contribution in [0.5, 0.6) is 17.2 Å². The van der Waals surface area contributed by atoms with E-state index in [9.17, 15) is 4.79 Å². The van der Waals surface area contributed by atoms with Gasteiger partial charge in [0.2, 0.25) is 0 Å². The number of nitrogens with one attached hydrogen (secondary N) is 1. The molecule has 0 fully saturated rings. The molecule has 4 rings (SSSR count). The molecule has 3 aromatic carbocycles. The zero-order chi connectivity index (χ0) is 33.5. The van der Waals surface area contributed by atoms with Gasteiger partial charge in [0.1, 0.15) is 22.9 Å². The van der Waals surface area contributed by atoms with Gasteiger partial charge in [-0.05, 0) is 85.4 Å². The van der Waals surface area contributed by atoms with Gasteiger partial charge >= 0.3 is 0 Å². The molecule has 0 saturated carbocycles. The lowest BCUT2D eigenvalue weighted by Gasteiger charge is -2.30. The van der Waals surface area contributed by atoms with Crippen molar-refractivity contribution in [2.24, 2.45) is 0 Å². The maximum atomic E-state index is 13.5. The highest BCUT2D eigenvalue weighted by molar-refractivity contribution is 5.94. The van der Waals surface area contributed by atoms with Gasteiger partial charge in [0.25, 0.3) is 5.91 Å². The minimum atomic E-state index is -0.186. The third kappa shape index (κ3) is 7.93. The number of aromatic nitrogens is 2. The van der Waals surface area contributed by atoms with E-state index in [0.717, 1.165) is 48.2 Å². The molecule has 0 bridgehead atoms. The summed E-state index contributed by atoms with van der Waals surface area (Å²) in [5.74, 6) is 2.07. The summed E-state index contributed by atoms with van der Waals surface area (Å²) in [6.45, 7) is 16.8. The highest BCUT2D eigenvalue weighted by atomic mass is 16.5. The summed E-state index contributed by atoms with van der Waals surface area (Å²) in [6.07, 6.45) is 3.71. The van der Waals surface area contributed by atoms with Crippen LogP contribution in [0, 0.1) is 6.92 Å². The van der Waals surface area contributed by atoms with Crippen molar-refractivity contribution >= 4 is 5.91 Å². The summed E-state index contributed by atoms with van der Waals surface area (Å²) >= 11 is 0. The van der Waals surface area contributed by atoms with E-state index < -0.39 is 0 Å². The van der Waals surface area contributed by atoms with E-state index in [4.69, 9.17) is 19.3 Å². The normalized spacial score (nSPS) is 11.8. The minimum Gasteiger partial charge on any atom is -0.497 e. The quantitative estimate of drug-likeness (QED) is 0.134. The molecular weight excluding hydrogens is 574 g/mol. The Labute approximate surface area is 275 Å². The van der Waals surface area contributed by atoms with Gasteiger partial charge in [0, 0.05) is 23.7 Å². The zero-order valence-electron chi connectivity index (χ0n) is 29.1. The Morgan fingerprint density at radius 1 is 0.826 bits per heavy atom. The fourth-order valence-corrected chi connectivity index (χ4v) is 5.27. The van der Waals surface area contributed by atoms with Crippen LogP contribution in [-0.4, -0.2) is 43.1 Å². The minimum absolute atomic E-state index is 0.0121. The predicted octanol–water partition coefficient (Wildman–Crippen LogP) is 8.83. The van der Waals surface area contributed by atoms with Gasteiger partial charge < -0.3 is 19.5 Å². The monoisotopic (exact) mass is 625 g/mol. The second kappa shape index (κ2) is 14.9. The summed E-state index contributed by atoms with van der Waals surface area (Å²) < 4.78 is 19.0. The van der Waals surface area contributed by atoms with Crippen LogP contribution < -0.4 is 19.5 Å². The van der Waals surface area contributed by atoms with Gasteiger partial charge in [-0.1, -0.05) is 71.4 Å². The highest BCUT2D eigenvalue weighted by Gasteiger charge is 2.27. The molecule has 1 amide bonds. The van der Waals surface area contributed by atoms with Crippen LogP contribution in [-0.2, 0) is 10.8 Å². The van der Waals surface area contributed by atoms with Gasteiger partial charge in [-0.15, -0.1) is 0 Å². The number of rotatable bonds is 15. The first-order chi connectivity index (χ1) is 21.9. The number of ether oxygens (including phenoxy) is 3. The second-order valence-electron chi connectivity index (χ2n) is 13.2. The van der Waals surface area contributed by atoms with Gasteiger partial charge in [-0.2, -0.15) is 5.10 Å². The first-order valence-electron chi connectivity index (χ1n) is 16.4. The van der Waals surface area contributed by atoms with Crippen molar-refractivity contribution in [3.05, 3.63) is 89.1 Å². The molecule has 0 aliphatic carbocycles. The van der Waals surface area contributed by atoms with E-state index in [1.54, 1.807) is 18.9 Å². The van der Waals surface area contributed by atoms with Crippen molar-refractivity contribution in [2.45, 2.75) is 85.0 Å². The van der Waals surface area contributed by atoms with E-state index in [1.807, 2.05) is 55.5 Å². The topological polar surface area (TPSA) is 74.6 Å². The van der Waals surface area contributed by atoms with Crippen LogP contribution in [0.3, 0.4) is 0 Å². The average Bonchev–Trinajstić information content (AvgIpc) is 3.51. The Kier molecular flexibility index (Phi) is 11.2. The van der Waals surface area contributed by atoms with Gasteiger partial charge in [-0.25, -0.2) is 4.68 Å². The Bertz CT molecular complexity index is 1620. The third-order valence-corrected chi connectivity index (χ3v) is 9.28. The summed E-state index contributed by atoms with van der Waals surface area (Å²) in [6, 6.07) is 22.0. The van der Waals surface area contributed by atoms with Crippen molar-refractivity contribution < 1.29 is 19.0 Å². The van der Waals surface area contributed by atoms with Crippen LogP contribution in [0.15, 0.2) is 66.7 Å². The van der Waals surface area contributed by atoms with Crippen molar-refractivity contribution in [3.63, 3.8) is 0 Å². The number of aryl methyl sites for hydroxylation is 1. The van der Waals surface area contributed by atoms with Gasteiger partial charge in [0.15, 0.2) is 0 Å². The van der Waals surface area contributed by atoms with E-state index in [1.165, 1.54) is 11.1 Å². The lowest BCUT2D eigenvalue weighted by molar-refractivity contribution is 0.0944. The number of benzene rings is 3. The molecular formula is C39H51N3O4. The van der Waals surface area contributed by atoms with Crippen LogP contribution in [0.1, 0.15) is 94.4 Å². The smallest absolute Gasteiger partial charge is 0.270 e. The first-order valence-corrected chi connectivity index (χ1v) is 16.4. The molecule has 0 saturated heterocycles. The van der Waals surface area contributed by atoms with Gasteiger partial charge in [0.05, 0.1) is 32.2 Å². The van der Waals surface area contributed by atoms with Crippen LogP contribution >= 0.6 is 0 Å². The molecule has 4 aromatic rings. The fraction of sp³-hybridized carbons (Fsp3) is 0.436. The van der Waals surface area contributed by atoms with Crippen LogP contribution in [0.2, 0.25) is 0 Å². The van der Waals surface area contributed by atoms with Crippen molar-refractivity contribution in [1.82, 2.24) is 15.1 Å². The Balaban J connectivity index is 1.44. The van der Waals surface area contributed by atoms with E-state index >= 15 is 0 Å². The number of amides is 1. The first kappa shape index (κ1) is 34.6. The second-order valence-corrected chi connectivity index (χ2v) is 13.2. The molecule has 0 spiro atoms. The molecule has 0 atom stereocenters. The van der Waals surface area contributed by atoms with Crippen LogP contribution in [0.25, 0.3) is 16.9 Å². The molecule has 1 N–H and O–H groups in total. The van der Waals surface area contributed by atoms with E-state index in [-0.39, 0.29) is 16.7 Å². The SMILES string of the molecule is CCC(C)(C)c1ccc(OCCCCNC(=O)c2cc(-c3ccc(OC)cc3OC)nn2-c2ccc(C)cc2)c(C(C)(C)CC)c1. The molecule has 0 aliphatic rings. The Morgan fingerprint density at radius 2 is 1.54 bits per heavy atom. The van der Waals surface area contributed by atoms with E-state index in [0.29, 0.717) is 36.0 Å². The predicted molar refractivity (Wildman–Crippen MR) is 187 cm³/mol. The molecule has 1 heterocycles. The highest BCUT2D eigenvalue weighted by Crippen LogP contribution is 2.38. The Hall–Kier alpha value is -4.26. The van der Waals surface area contributed by atoms with Crippen molar-refractivity contribution in [1.29, 1.82) is 0 Å². The number of carbonyl (C=O) groups excluding carboxylic acids is 1. The molecule has 1 aromatic heterocycles. The van der Waals surface area contributed by atoms with Crippen molar-refractivity contribution in [3.8, 4) is 34.2 Å². The largest absolute Gasteiger partial charge is 0.497 e. The number of carbonyl (C=O) groups is 1. The molecule has 7 nitrogen and oxygen atoms in total. The van der Waals surface area contributed by atoms with Gasteiger partial charge in [-0.3, -0.25) is 4.79 Å². The average molecular weight is 626 g/mol. The van der Waals surface area contributed by atoms with Crippen molar-refractivity contribution in [2.75, 3.05) is 27.4 Å². The number of unbranched alkanes of at least 4 members (excludes halogenated alkanes) is 1. The maximum Gasteiger partial charge on any atom is 0.270 e. The number of hydrogen-bond donors (Lipinski definition) is 1. The fourth-order valence-electron chi connectivity index (χ4n) is 5.27. The molecule has 246 valence electrons. The maximum absolute atomic E-state index is 13.5. The zero-order valence-corrected chi connectivity index (χ0v) is 29.1. The lowest BCUT2D eigenvalue weighted by atomic mass is 9.76. The van der Waals surface area contributed by atoms with E-state index in [2.05, 4.69) is 65.1 Å². The Morgan fingerprint density at radius 3 is 2.20 bits per heavy atom. The standard InChI is InChI=1S/C39H51N3O4/c1-10-38(4,5)28-16-21-35(32(24-28)39(6,7)11-2)46-23-13-12-22-40-37(43)34-26-33(31-20-19-30(44-8)25-36(31)45-9)41-42(34)29-17-14-27(3)15-18-29/h14-21,24-26H,10-13,22-23H2,1-9H3,(H,40,43). The number of hydrogen-bond acceptors (Lipinski definition) is 5. The molecule has 0 aliphatic heterocycles. The molecule has 0 unspecified atom stereocenters. The summed E-state index contributed by atoms with van der Waals surface area (Å²) in [5.41, 5.74) is 6.54. The molecule has 7 heteroatoms.